The molecule has 0 bridgehead atoms. The van der Waals surface area contributed by atoms with Crippen molar-refractivity contribution in [1.29, 1.82) is 0 Å². The quantitative estimate of drug-likeness (QED) is 0.697. The van der Waals surface area contributed by atoms with Crippen LogP contribution >= 0.6 is 11.6 Å². The monoisotopic (exact) mass is 345 g/mol. The molecule has 124 valence electrons. The molecular weight excluding hydrogens is 330 g/mol. The number of nitrogens with one attached hydrogen (secondary N) is 2. The van der Waals surface area contributed by atoms with Crippen LogP contribution in [0, 0.1) is 0 Å². The highest BCUT2D eigenvalue weighted by Gasteiger charge is 2.08. The van der Waals surface area contributed by atoms with Gasteiger partial charge in [0.2, 0.25) is 0 Å². The molecule has 0 aliphatic carbocycles. The summed E-state index contributed by atoms with van der Waals surface area (Å²) in [5.41, 5.74) is 2.34. The zero-order valence-corrected chi connectivity index (χ0v) is 13.7. The number of urea groups is 1. The second-order valence-corrected chi connectivity index (χ2v) is 5.33. The lowest BCUT2D eigenvalue weighted by Gasteiger charge is -2.04. The van der Waals surface area contributed by atoms with Crippen LogP contribution in [0.3, 0.4) is 0 Å². The van der Waals surface area contributed by atoms with Gasteiger partial charge in [-0.15, -0.1) is 11.6 Å². The number of imidazole rings is 1. The van der Waals surface area contributed by atoms with Crippen LogP contribution in [0.25, 0.3) is 16.9 Å². The van der Waals surface area contributed by atoms with Crippen molar-refractivity contribution >= 4 is 29.1 Å². The molecule has 7 nitrogen and oxygen atoms in total. The van der Waals surface area contributed by atoms with Crippen LogP contribution in [0.15, 0.2) is 42.6 Å². The fraction of sp³-hybridized carbons (Fsp3) is 0.188. The number of hydrogen-bond acceptors (Lipinski definition) is 4. The summed E-state index contributed by atoms with van der Waals surface area (Å²) >= 11 is 5.53. The Morgan fingerprint density at radius 2 is 2.21 bits per heavy atom. The number of hydrogen-bond donors (Lipinski definition) is 2. The van der Waals surface area contributed by atoms with Gasteiger partial charge in [0.05, 0.1) is 19.0 Å². The number of fused-ring (bicyclic) bond motifs is 1. The van der Waals surface area contributed by atoms with Crippen molar-refractivity contribution in [2.75, 3.05) is 24.9 Å². The second kappa shape index (κ2) is 7.18. The highest BCUT2D eigenvalue weighted by molar-refractivity contribution is 6.18. The molecule has 0 spiro atoms. The zero-order valence-electron chi connectivity index (χ0n) is 13.0. The first-order chi connectivity index (χ1) is 11.7. The standard InChI is InChI=1S/C16H16ClN5O2/c1-24-12-4-2-3-11(9-12)13-5-6-15-19-14(10-22(15)21-13)20-16(23)18-8-7-17/h2-6,9-10H,7-8H2,1H3,(H2,18,20,23). The smallest absolute Gasteiger partial charge is 0.320 e. The number of anilines is 1. The molecule has 3 aromatic rings. The predicted molar refractivity (Wildman–Crippen MR) is 92.7 cm³/mol. The predicted octanol–water partition coefficient (Wildman–Crippen LogP) is 2.77. The molecular formula is C16H16ClN5O2. The van der Waals surface area contributed by atoms with E-state index < -0.39 is 0 Å². The molecule has 0 aliphatic heterocycles. The largest absolute Gasteiger partial charge is 0.497 e. The number of ether oxygens (including phenoxy) is 1. The number of aromatic nitrogens is 3. The Hall–Kier alpha value is -2.80. The SMILES string of the molecule is COc1cccc(-c2ccc3nc(NC(=O)NCCCl)cn3n2)c1. The Bertz CT molecular complexity index is 865. The molecule has 0 saturated heterocycles. The number of alkyl halides is 1. The van der Waals surface area contributed by atoms with Crippen molar-refractivity contribution in [2.45, 2.75) is 0 Å². The lowest BCUT2D eigenvalue weighted by atomic mass is 10.1. The zero-order chi connectivity index (χ0) is 16.9. The van der Waals surface area contributed by atoms with Gasteiger partial charge in [-0.1, -0.05) is 12.1 Å². The van der Waals surface area contributed by atoms with E-state index in [2.05, 4.69) is 20.7 Å². The molecule has 2 aromatic heterocycles. The first-order valence-electron chi connectivity index (χ1n) is 7.31. The molecule has 2 heterocycles. The Balaban J connectivity index is 1.84. The van der Waals surface area contributed by atoms with Crippen molar-refractivity contribution in [3.05, 3.63) is 42.6 Å². The molecule has 0 radical (unpaired) electrons. The van der Waals surface area contributed by atoms with Crippen LogP contribution < -0.4 is 15.4 Å². The number of carbonyl (C=O) groups is 1. The topological polar surface area (TPSA) is 80.5 Å². The lowest BCUT2D eigenvalue weighted by Crippen LogP contribution is -2.30. The fourth-order valence-corrected chi connectivity index (χ4v) is 2.29. The van der Waals surface area contributed by atoms with Gasteiger partial charge in [-0.2, -0.15) is 5.10 Å². The van der Waals surface area contributed by atoms with Gasteiger partial charge in [0.15, 0.2) is 11.5 Å². The van der Waals surface area contributed by atoms with Gasteiger partial charge in [0.1, 0.15) is 5.75 Å². The number of rotatable bonds is 5. The third-order valence-corrected chi connectivity index (χ3v) is 3.50. The van der Waals surface area contributed by atoms with Gasteiger partial charge in [-0.3, -0.25) is 5.32 Å². The third kappa shape index (κ3) is 3.57. The molecule has 3 rings (SSSR count). The molecule has 24 heavy (non-hydrogen) atoms. The number of benzene rings is 1. The van der Waals surface area contributed by atoms with E-state index >= 15 is 0 Å². The van der Waals surface area contributed by atoms with Crippen molar-refractivity contribution < 1.29 is 9.53 Å². The maximum absolute atomic E-state index is 11.6. The van der Waals surface area contributed by atoms with E-state index in [4.69, 9.17) is 16.3 Å². The van der Waals surface area contributed by atoms with Crippen LogP contribution in [0.1, 0.15) is 0 Å². The highest BCUT2D eigenvalue weighted by Crippen LogP contribution is 2.22. The summed E-state index contributed by atoms with van der Waals surface area (Å²) in [6.07, 6.45) is 1.65. The van der Waals surface area contributed by atoms with Crippen LogP contribution in [0.5, 0.6) is 5.75 Å². The summed E-state index contributed by atoms with van der Waals surface area (Å²) in [5, 5.41) is 9.77. The minimum Gasteiger partial charge on any atom is -0.497 e. The van der Waals surface area contributed by atoms with Gasteiger partial charge in [-0.05, 0) is 24.3 Å². The summed E-state index contributed by atoms with van der Waals surface area (Å²) in [6, 6.07) is 11.0. The van der Waals surface area contributed by atoms with Gasteiger partial charge >= 0.3 is 6.03 Å². The minimum absolute atomic E-state index is 0.351. The molecule has 0 aliphatic rings. The minimum atomic E-state index is -0.355. The summed E-state index contributed by atoms with van der Waals surface area (Å²) in [4.78, 5) is 15.9. The highest BCUT2D eigenvalue weighted by atomic mass is 35.5. The van der Waals surface area contributed by atoms with Crippen molar-refractivity contribution in [3.63, 3.8) is 0 Å². The van der Waals surface area contributed by atoms with Crippen molar-refractivity contribution in [2.24, 2.45) is 0 Å². The van der Waals surface area contributed by atoms with E-state index in [1.165, 1.54) is 0 Å². The Morgan fingerprint density at radius 3 is 3.00 bits per heavy atom. The maximum Gasteiger partial charge on any atom is 0.320 e. The number of amides is 2. The summed E-state index contributed by atoms with van der Waals surface area (Å²) in [6.45, 7) is 0.388. The Morgan fingerprint density at radius 1 is 1.33 bits per heavy atom. The number of nitrogens with zero attached hydrogens (tertiary/aromatic N) is 3. The van der Waals surface area contributed by atoms with Crippen molar-refractivity contribution in [1.82, 2.24) is 19.9 Å². The number of carbonyl (C=O) groups excluding carboxylic acids is 1. The molecule has 2 amide bonds. The molecule has 1 aromatic carbocycles. The fourth-order valence-electron chi connectivity index (χ4n) is 2.20. The molecule has 0 atom stereocenters. The van der Waals surface area contributed by atoms with Gasteiger partial charge in [-0.25, -0.2) is 14.3 Å². The van der Waals surface area contributed by atoms with E-state index in [1.54, 1.807) is 17.8 Å². The van der Waals surface area contributed by atoms with Gasteiger partial charge in [0.25, 0.3) is 0 Å². The molecule has 0 unspecified atom stereocenters. The molecule has 0 fully saturated rings. The van der Waals surface area contributed by atoms with Crippen LogP contribution in [-0.2, 0) is 0 Å². The third-order valence-electron chi connectivity index (χ3n) is 3.31. The van der Waals surface area contributed by atoms with E-state index in [0.29, 0.717) is 23.9 Å². The normalized spacial score (nSPS) is 10.6. The average Bonchev–Trinajstić information content (AvgIpc) is 3.01. The first kappa shape index (κ1) is 16.1. The maximum atomic E-state index is 11.6. The second-order valence-electron chi connectivity index (χ2n) is 4.95. The summed E-state index contributed by atoms with van der Waals surface area (Å²) < 4.78 is 6.85. The Kier molecular flexibility index (Phi) is 4.81. The van der Waals surface area contributed by atoms with E-state index in [9.17, 15) is 4.79 Å². The average molecular weight is 346 g/mol. The van der Waals surface area contributed by atoms with Crippen LogP contribution in [-0.4, -0.2) is 40.2 Å². The van der Waals surface area contributed by atoms with E-state index in [0.717, 1.165) is 17.0 Å². The number of halogens is 1. The first-order valence-corrected chi connectivity index (χ1v) is 7.85. The van der Waals surface area contributed by atoms with Crippen molar-refractivity contribution in [3.8, 4) is 17.0 Å². The van der Waals surface area contributed by atoms with E-state index in [1.807, 2.05) is 36.4 Å². The van der Waals surface area contributed by atoms with Gasteiger partial charge in [0, 0.05) is 18.0 Å². The molecule has 0 saturated carbocycles. The molecule has 8 heteroatoms. The summed E-state index contributed by atoms with van der Waals surface area (Å²) in [5.74, 6) is 1.53. The lowest BCUT2D eigenvalue weighted by molar-refractivity contribution is 0.252. The number of methoxy groups -OCH3 is 1. The van der Waals surface area contributed by atoms with Crippen LogP contribution in [0.2, 0.25) is 0 Å². The Labute approximate surface area is 143 Å². The molecule has 2 N–H and O–H groups in total. The van der Waals surface area contributed by atoms with Gasteiger partial charge < -0.3 is 10.1 Å². The van der Waals surface area contributed by atoms with E-state index in [-0.39, 0.29) is 6.03 Å². The summed E-state index contributed by atoms with van der Waals surface area (Å²) in [7, 11) is 1.62. The van der Waals surface area contributed by atoms with Crippen LogP contribution in [0.4, 0.5) is 10.6 Å².